The first kappa shape index (κ1) is 13.5. The van der Waals surface area contributed by atoms with E-state index in [0.717, 1.165) is 31.2 Å². The Morgan fingerprint density at radius 3 is 2.67 bits per heavy atom. The molecular formula is C12H15ClN3OS+. The number of rotatable bonds is 2. The van der Waals surface area contributed by atoms with E-state index in [-0.39, 0.29) is 4.75 Å². The zero-order valence-corrected chi connectivity index (χ0v) is 11.7. The van der Waals surface area contributed by atoms with Crippen molar-refractivity contribution in [3.05, 3.63) is 29.0 Å². The first-order chi connectivity index (χ1) is 8.60. The Labute approximate surface area is 114 Å². The van der Waals surface area contributed by atoms with Gasteiger partial charge in [0.2, 0.25) is 0 Å². The maximum Gasteiger partial charge on any atom is 0.467 e. The van der Waals surface area contributed by atoms with Crippen LogP contribution in [-0.2, 0) is 15.7 Å². The second kappa shape index (κ2) is 5.35. The van der Waals surface area contributed by atoms with Crippen molar-refractivity contribution < 1.29 is 8.50 Å². The molecule has 0 spiro atoms. The van der Waals surface area contributed by atoms with Gasteiger partial charge in [0.15, 0.2) is 5.26 Å². The molecule has 1 atom stereocenters. The average molecular weight is 285 g/mol. The van der Waals surface area contributed by atoms with Gasteiger partial charge in [-0.2, -0.15) is 0 Å². The number of hydrogen-bond acceptors (Lipinski definition) is 2. The summed E-state index contributed by atoms with van der Waals surface area (Å²) < 4.78 is 11.4. The summed E-state index contributed by atoms with van der Waals surface area (Å²) in [7, 11) is 0.500. The van der Waals surface area contributed by atoms with Crippen molar-refractivity contribution in [2.75, 3.05) is 7.05 Å². The topological polar surface area (TPSA) is 59.9 Å². The smallest absolute Gasteiger partial charge is 0.305 e. The number of aromatic nitrogens is 1. The van der Waals surface area contributed by atoms with Crippen LogP contribution in [-0.4, -0.2) is 20.5 Å². The van der Waals surface area contributed by atoms with Crippen molar-refractivity contribution in [1.82, 2.24) is 4.98 Å². The first-order valence-corrected chi connectivity index (χ1v) is 7.31. The van der Waals surface area contributed by atoms with E-state index in [0.29, 0.717) is 5.15 Å². The lowest BCUT2D eigenvalue weighted by atomic mass is 9.98. The van der Waals surface area contributed by atoms with Crippen LogP contribution in [0.4, 0.5) is 0 Å². The van der Waals surface area contributed by atoms with Gasteiger partial charge in [0.25, 0.3) is 0 Å². The Balaban J connectivity index is 2.52. The van der Waals surface area contributed by atoms with E-state index in [1.54, 1.807) is 19.3 Å². The highest BCUT2D eigenvalue weighted by Gasteiger charge is 2.42. The third-order valence-corrected chi connectivity index (χ3v) is 5.58. The fourth-order valence-corrected chi connectivity index (χ4v) is 4.17. The van der Waals surface area contributed by atoms with Gasteiger partial charge in [0, 0.05) is 6.20 Å². The third-order valence-electron chi connectivity index (χ3n) is 3.41. The summed E-state index contributed by atoms with van der Waals surface area (Å²) in [5, 5.41) is 9.40. The molecule has 96 valence electrons. The highest BCUT2D eigenvalue weighted by Crippen LogP contribution is 2.43. The molecule has 1 unspecified atom stereocenters. The minimum absolute atomic E-state index is 0.373. The van der Waals surface area contributed by atoms with Gasteiger partial charge in [-0.25, -0.2) is 4.98 Å². The van der Waals surface area contributed by atoms with Crippen molar-refractivity contribution in [2.45, 2.75) is 30.4 Å². The van der Waals surface area contributed by atoms with E-state index >= 15 is 0 Å². The quantitative estimate of drug-likeness (QED) is 0.393. The van der Waals surface area contributed by atoms with Crippen LogP contribution >= 0.6 is 11.6 Å². The number of nitrogens with zero attached hydrogens (tertiary/aromatic N) is 3. The molecule has 1 heterocycles. The number of hydrogen-bond donors (Lipinski definition) is 1. The maximum atomic E-state index is 10.5. The lowest BCUT2D eigenvalue weighted by molar-refractivity contribution is -0.380. The van der Waals surface area contributed by atoms with Gasteiger partial charge in [0.05, 0.1) is 11.8 Å². The molecule has 0 aliphatic heterocycles. The zero-order valence-electron chi connectivity index (χ0n) is 10.1. The normalized spacial score (nSPS) is 20.2. The van der Waals surface area contributed by atoms with Gasteiger partial charge in [-0.3, -0.25) is 0 Å². The molecule has 0 saturated heterocycles. The van der Waals surface area contributed by atoms with Crippen LogP contribution in [0.2, 0.25) is 5.15 Å². The molecule has 0 aromatic carbocycles. The Hall–Kier alpha value is -0.960. The van der Waals surface area contributed by atoms with Crippen molar-refractivity contribution in [3.8, 4) is 6.19 Å². The van der Waals surface area contributed by atoms with Gasteiger partial charge in [-0.05, 0) is 24.5 Å². The fourth-order valence-electron chi connectivity index (χ4n) is 2.47. The summed E-state index contributed by atoms with van der Waals surface area (Å²) in [6, 6.07) is 3.64. The van der Waals surface area contributed by atoms with Crippen LogP contribution in [0.5, 0.6) is 0 Å². The van der Waals surface area contributed by atoms with Gasteiger partial charge >= 0.3 is 6.19 Å². The molecule has 1 aromatic heterocycles. The van der Waals surface area contributed by atoms with E-state index in [1.807, 2.05) is 12.3 Å². The minimum Gasteiger partial charge on any atom is -0.305 e. The number of nitriles is 1. The lowest BCUT2D eigenvalue weighted by Gasteiger charge is -2.27. The summed E-state index contributed by atoms with van der Waals surface area (Å²) >= 11 is 5.80. The van der Waals surface area contributed by atoms with Crippen molar-refractivity contribution in [1.29, 1.82) is 5.26 Å². The van der Waals surface area contributed by atoms with Crippen LogP contribution in [0, 0.1) is 11.5 Å². The first-order valence-electron chi connectivity index (χ1n) is 5.79. The van der Waals surface area contributed by atoms with E-state index in [4.69, 9.17) is 16.9 Å². The van der Waals surface area contributed by atoms with E-state index in [1.165, 1.54) is 3.95 Å². The second-order valence-electron chi connectivity index (χ2n) is 4.43. The SMILES string of the molecule is C[N+](C#N)=S(O)C1(c2ccc(Cl)nc2)CCCC1. The molecule has 0 bridgehead atoms. The van der Waals surface area contributed by atoms with Gasteiger partial charge in [0.1, 0.15) is 16.1 Å². The molecule has 18 heavy (non-hydrogen) atoms. The Bertz CT molecular complexity index is 515. The molecule has 1 N–H and O–H groups in total. The zero-order chi connectivity index (χ0) is 13.2. The maximum absolute atomic E-state index is 10.5. The molecule has 1 fully saturated rings. The second-order valence-corrected chi connectivity index (χ2v) is 6.68. The minimum atomic E-state index is -1.12. The fraction of sp³-hybridized carbons (Fsp3) is 0.500. The Morgan fingerprint density at radius 1 is 1.50 bits per heavy atom. The molecule has 2 rings (SSSR count). The monoisotopic (exact) mass is 284 g/mol. The van der Waals surface area contributed by atoms with Crippen LogP contribution < -0.4 is 0 Å². The molecule has 1 saturated carbocycles. The summed E-state index contributed by atoms with van der Waals surface area (Å²) in [6.45, 7) is 0. The summed E-state index contributed by atoms with van der Waals surface area (Å²) in [6.07, 6.45) is 7.59. The molecule has 6 heteroatoms. The summed E-state index contributed by atoms with van der Waals surface area (Å²) in [5.74, 6) is 0. The number of halogens is 1. The molecular weight excluding hydrogens is 270 g/mol. The predicted molar refractivity (Wildman–Crippen MR) is 71.2 cm³/mol. The largest absolute Gasteiger partial charge is 0.467 e. The van der Waals surface area contributed by atoms with Crippen molar-refractivity contribution >= 4 is 22.6 Å². The Morgan fingerprint density at radius 2 is 2.17 bits per heavy atom. The van der Waals surface area contributed by atoms with Gasteiger partial charge in [-0.1, -0.05) is 30.5 Å². The van der Waals surface area contributed by atoms with Crippen LogP contribution in [0.15, 0.2) is 18.3 Å². The number of pyridine rings is 1. The lowest BCUT2D eigenvalue weighted by Crippen LogP contribution is -2.32. The molecule has 4 nitrogen and oxygen atoms in total. The van der Waals surface area contributed by atoms with Crippen molar-refractivity contribution in [3.63, 3.8) is 0 Å². The van der Waals surface area contributed by atoms with E-state index in [9.17, 15) is 4.55 Å². The van der Waals surface area contributed by atoms with Crippen LogP contribution in [0.25, 0.3) is 0 Å². The van der Waals surface area contributed by atoms with E-state index in [2.05, 4.69) is 4.98 Å². The van der Waals surface area contributed by atoms with Gasteiger partial charge in [-0.15, -0.1) is 3.95 Å². The molecule has 0 amide bonds. The van der Waals surface area contributed by atoms with E-state index < -0.39 is 11.0 Å². The molecule has 1 aromatic rings. The molecule has 1 aliphatic rings. The summed E-state index contributed by atoms with van der Waals surface area (Å²) in [4.78, 5) is 4.09. The Kier molecular flexibility index (Phi) is 4.00. The summed E-state index contributed by atoms with van der Waals surface area (Å²) in [5.41, 5.74) is 0.970. The average Bonchev–Trinajstić information content (AvgIpc) is 2.88. The standard InChI is InChI=1S/C12H14ClN3OS/c1-16(9-14)18(17)12(6-2-3-7-12)10-4-5-11(13)15-8-10/h4-5,8H,2-3,6-7H2,1H3/p+1. The molecule has 1 aliphatic carbocycles. The molecule has 0 radical (unpaired) electrons. The highest BCUT2D eigenvalue weighted by molar-refractivity contribution is 7.80. The predicted octanol–water partition coefficient (Wildman–Crippen LogP) is 2.90. The van der Waals surface area contributed by atoms with Crippen molar-refractivity contribution in [2.24, 2.45) is 0 Å². The highest BCUT2D eigenvalue weighted by atomic mass is 35.5. The van der Waals surface area contributed by atoms with Crippen LogP contribution in [0.3, 0.4) is 0 Å². The van der Waals surface area contributed by atoms with Gasteiger partial charge < -0.3 is 4.55 Å². The van der Waals surface area contributed by atoms with Crippen LogP contribution in [0.1, 0.15) is 31.2 Å². The third kappa shape index (κ3) is 2.28.